The lowest BCUT2D eigenvalue weighted by Gasteiger charge is -2.11. The lowest BCUT2D eigenvalue weighted by molar-refractivity contribution is 0.425. The molecule has 0 aliphatic heterocycles. The summed E-state index contributed by atoms with van der Waals surface area (Å²) in [6.07, 6.45) is 0. The van der Waals surface area contributed by atoms with Gasteiger partial charge in [0.2, 0.25) is 0 Å². The fraction of sp³-hybridized carbons (Fsp3) is 0. The monoisotopic (exact) mass is 319 g/mol. The van der Waals surface area contributed by atoms with Crippen molar-refractivity contribution < 1.29 is 10.0 Å². The van der Waals surface area contributed by atoms with Gasteiger partial charge in [0.05, 0.1) is 11.0 Å². The molecule has 112 valence electrons. The number of hydrogen-bond donors (Lipinski definition) is 3. The summed E-state index contributed by atoms with van der Waals surface area (Å²) < 4.78 is 2.13. The molecule has 0 bridgehead atoms. The van der Waals surface area contributed by atoms with Crippen LogP contribution < -0.4 is 5.46 Å². The summed E-state index contributed by atoms with van der Waals surface area (Å²) >= 11 is 4.30. The largest absolute Gasteiger partial charge is 0.489 e. The first kappa shape index (κ1) is 14.4. The molecule has 3 nitrogen and oxygen atoms in total. The van der Waals surface area contributed by atoms with E-state index in [1.54, 1.807) is 12.1 Å². The molecule has 1 aromatic heterocycles. The molecule has 0 saturated heterocycles. The maximum absolute atomic E-state index is 9.55. The van der Waals surface area contributed by atoms with Crippen LogP contribution in [0, 0.1) is 0 Å². The molecule has 0 unspecified atom stereocenters. The van der Waals surface area contributed by atoms with Crippen LogP contribution in [0.25, 0.3) is 27.5 Å². The zero-order valence-corrected chi connectivity index (χ0v) is 13.1. The Kier molecular flexibility index (Phi) is 3.41. The molecule has 1 heterocycles. The van der Waals surface area contributed by atoms with Crippen LogP contribution in [-0.2, 0) is 0 Å². The van der Waals surface area contributed by atoms with Crippen molar-refractivity contribution in [1.29, 1.82) is 0 Å². The molecule has 23 heavy (non-hydrogen) atoms. The van der Waals surface area contributed by atoms with Crippen molar-refractivity contribution in [3.63, 3.8) is 0 Å². The Balaban J connectivity index is 2.10. The summed E-state index contributed by atoms with van der Waals surface area (Å²) in [4.78, 5) is 0.560. The zero-order chi connectivity index (χ0) is 16.0. The fourth-order valence-electron chi connectivity index (χ4n) is 3.09. The maximum atomic E-state index is 9.55. The van der Waals surface area contributed by atoms with E-state index in [9.17, 15) is 10.0 Å². The normalized spacial score (nSPS) is 11.3. The Morgan fingerprint density at radius 2 is 1.35 bits per heavy atom. The van der Waals surface area contributed by atoms with Crippen LogP contribution in [0.4, 0.5) is 0 Å². The van der Waals surface area contributed by atoms with Crippen LogP contribution in [0.15, 0.2) is 71.6 Å². The average Bonchev–Trinajstić information content (AvgIpc) is 2.90. The quantitative estimate of drug-likeness (QED) is 0.393. The van der Waals surface area contributed by atoms with Gasteiger partial charge in [-0.25, -0.2) is 0 Å². The number of para-hydroxylation sites is 2. The topological polar surface area (TPSA) is 45.4 Å². The molecule has 4 rings (SSSR count). The van der Waals surface area contributed by atoms with Gasteiger partial charge in [-0.1, -0.05) is 36.4 Å². The van der Waals surface area contributed by atoms with Crippen molar-refractivity contribution >= 4 is 47.0 Å². The second kappa shape index (κ2) is 5.46. The SMILES string of the molecule is OB(O)c1cc(-n2c3ccccc3c3ccccc32)ccc1S. The van der Waals surface area contributed by atoms with Crippen molar-refractivity contribution in [2.24, 2.45) is 0 Å². The van der Waals surface area contributed by atoms with Gasteiger partial charge >= 0.3 is 7.12 Å². The number of aromatic nitrogens is 1. The lowest BCUT2D eigenvalue weighted by Crippen LogP contribution is -2.31. The molecular weight excluding hydrogens is 305 g/mol. The van der Waals surface area contributed by atoms with Gasteiger partial charge in [0.1, 0.15) is 0 Å². The molecule has 0 radical (unpaired) electrons. The molecule has 0 spiro atoms. The second-order valence-electron chi connectivity index (χ2n) is 5.49. The highest BCUT2D eigenvalue weighted by atomic mass is 32.1. The predicted molar refractivity (Wildman–Crippen MR) is 97.9 cm³/mol. The molecule has 0 aliphatic rings. The summed E-state index contributed by atoms with van der Waals surface area (Å²) in [7, 11) is -1.55. The second-order valence-corrected chi connectivity index (χ2v) is 5.97. The van der Waals surface area contributed by atoms with E-state index in [0.717, 1.165) is 16.7 Å². The molecule has 0 saturated carbocycles. The number of benzene rings is 3. The van der Waals surface area contributed by atoms with Crippen molar-refractivity contribution in [2.45, 2.75) is 4.90 Å². The van der Waals surface area contributed by atoms with Crippen molar-refractivity contribution in [1.82, 2.24) is 4.57 Å². The summed E-state index contributed by atoms with van der Waals surface area (Å²) in [5.74, 6) is 0. The van der Waals surface area contributed by atoms with E-state index in [4.69, 9.17) is 0 Å². The van der Waals surface area contributed by atoms with E-state index in [2.05, 4.69) is 41.5 Å². The number of fused-ring (bicyclic) bond motifs is 3. The number of thiol groups is 1. The molecular formula is C18H14BNO2S. The Labute approximate surface area is 139 Å². The van der Waals surface area contributed by atoms with E-state index < -0.39 is 7.12 Å². The number of hydrogen-bond acceptors (Lipinski definition) is 3. The molecule has 3 aromatic carbocycles. The summed E-state index contributed by atoms with van der Waals surface area (Å²) in [5.41, 5.74) is 3.44. The van der Waals surface area contributed by atoms with E-state index in [-0.39, 0.29) is 0 Å². The summed E-state index contributed by atoms with van der Waals surface area (Å²) in [6, 6.07) is 21.9. The standard InChI is InChI=1S/C18H14BNO2S/c21-19(22)15-11-12(9-10-18(15)23)20-16-7-3-1-5-13(16)14-6-2-4-8-17(14)20/h1-11,21-23H. The zero-order valence-electron chi connectivity index (χ0n) is 12.2. The van der Waals surface area contributed by atoms with Crippen molar-refractivity contribution in [2.75, 3.05) is 0 Å². The van der Waals surface area contributed by atoms with Crippen LogP contribution in [0.1, 0.15) is 0 Å². The van der Waals surface area contributed by atoms with Crippen LogP contribution in [-0.4, -0.2) is 21.7 Å². The van der Waals surface area contributed by atoms with Gasteiger partial charge in [0, 0.05) is 21.4 Å². The maximum Gasteiger partial charge on any atom is 0.489 e. The van der Waals surface area contributed by atoms with E-state index in [1.807, 2.05) is 30.3 Å². The minimum absolute atomic E-state index is 0.396. The first-order valence-corrected chi connectivity index (χ1v) is 7.79. The number of rotatable bonds is 2. The minimum Gasteiger partial charge on any atom is -0.423 e. The minimum atomic E-state index is -1.55. The van der Waals surface area contributed by atoms with Gasteiger partial charge < -0.3 is 14.6 Å². The predicted octanol–water partition coefficient (Wildman–Crippen LogP) is 2.75. The third-order valence-corrected chi connectivity index (χ3v) is 4.53. The third-order valence-electron chi connectivity index (χ3n) is 4.13. The Morgan fingerprint density at radius 3 is 1.91 bits per heavy atom. The first-order chi connectivity index (χ1) is 11.2. The van der Waals surface area contributed by atoms with Gasteiger partial charge in [0.25, 0.3) is 0 Å². The molecule has 2 N–H and O–H groups in total. The van der Waals surface area contributed by atoms with Gasteiger partial charge in [-0.3, -0.25) is 0 Å². The van der Waals surface area contributed by atoms with Gasteiger partial charge in [-0.2, -0.15) is 0 Å². The Bertz CT molecular complexity index is 973. The summed E-state index contributed by atoms with van der Waals surface area (Å²) in [5, 5.41) is 21.4. The highest BCUT2D eigenvalue weighted by Gasteiger charge is 2.17. The van der Waals surface area contributed by atoms with E-state index in [0.29, 0.717) is 10.4 Å². The van der Waals surface area contributed by atoms with Crippen LogP contribution in [0.5, 0.6) is 0 Å². The molecule has 0 aliphatic carbocycles. The molecule has 0 fully saturated rings. The average molecular weight is 319 g/mol. The van der Waals surface area contributed by atoms with E-state index >= 15 is 0 Å². The Morgan fingerprint density at radius 1 is 0.783 bits per heavy atom. The van der Waals surface area contributed by atoms with Crippen molar-refractivity contribution in [3.05, 3.63) is 66.7 Å². The van der Waals surface area contributed by atoms with Crippen LogP contribution in [0.3, 0.4) is 0 Å². The molecule has 0 amide bonds. The third kappa shape index (κ3) is 2.25. The highest BCUT2D eigenvalue weighted by Crippen LogP contribution is 2.31. The molecule has 5 heteroatoms. The lowest BCUT2D eigenvalue weighted by atomic mass is 9.80. The van der Waals surface area contributed by atoms with Gasteiger partial charge in [-0.05, 0) is 35.8 Å². The first-order valence-electron chi connectivity index (χ1n) is 7.34. The van der Waals surface area contributed by atoms with Crippen LogP contribution in [0.2, 0.25) is 0 Å². The fourth-order valence-corrected chi connectivity index (χ4v) is 3.34. The van der Waals surface area contributed by atoms with Gasteiger partial charge in [0.15, 0.2) is 0 Å². The number of nitrogens with zero attached hydrogens (tertiary/aromatic N) is 1. The van der Waals surface area contributed by atoms with Crippen molar-refractivity contribution in [3.8, 4) is 5.69 Å². The molecule has 4 aromatic rings. The highest BCUT2D eigenvalue weighted by molar-refractivity contribution is 7.80. The van der Waals surface area contributed by atoms with E-state index in [1.165, 1.54) is 10.8 Å². The van der Waals surface area contributed by atoms with Crippen LogP contribution >= 0.6 is 12.6 Å². The summed E-state index contributed by atoms with van der Waals surface area (Å²) in [6.45, 7) is 0. The Hall–Kier alpha value is -2.21. The van der Waals surface area contributed by atoms with Gasteiger partial charge in [-0.15, -0.1) is 12.6 Å². The smallest absolute Gasteiger partial charge is 0.423 e. The molecule has 0 atom stereocenters.